The number of β-amino-alcohol motifs (C(OH)–C–C–N with tert-alkyl or cyclic N) is 1. The third kappa shape index (κ3) is 5.57. The number of rotatable bonds is 4. The molecule has 2 bridgehead atoms. The first kappa shape index (κ1) is 31.7. The first-order valence-electron chi connectivity index (χ1n) is 17.7. The number of nitrogens with zero attached hydrogens (tertiary/aromatic N) is 1. The Bertz CT molecular complexity index is 2010. The maximum absolute atomic E-state index is 14.5. The number of hydrogen-bond acceptors (Lipinski definition) is 5. The van der Waals surface area contributed by atoms with Gasteiger partial charge in [0.25, 0.3) is 0 Å². The van der Waals surface area contributed by atoms with Crippen LogP contribution in [0.4, 0.5) is 0 Å². The van der Waals surface area contributed by atoms with E-state index in [1.165, 1.54) is 27.7 Å². The molecule has 4 atom stereocenters. The normalized spacial score (nSPS) is 26.7. The van der Waals surface area contributed by atoms with Gasteiger partial charge in [0, 0.05) is 51.9 Å². The summed E-state index contributed by atoms with van der Waals surface area (Å²) in [5, 5.41) is 26.3. The van der Waals surface area contributed by atoms with Crippen molar-refractivity contribution in [3.05, 3.63) is 117 Å². The lowest BCUT2D eigenvalue weighted by Crippen LogP contribution is -2.53. The molecule has 0 amide bonds. The summed E-state index contributed by atoms with van der Waals surface area (Å²) in [5.74, 6) is 0.0745. The molecule has 5 nitrogen and oxygen atoms in total. The number of aliphatic hydroxyl groups excluding tert-OH is 1. The van der Waals surface area contributed by atoms with Crippen molar-refractivity contribution in [1.82, 2.24) is 9.88 Å². The zero-order valence-corrected chi connectivity index (χ0v) is 28.9. The molecular weight excluding hydrogens is 613 g/mol. The Morgan fingerprint density at radius 3 is 2.73 bits per heavy atom. The Kier molecular flexibility index (Phi) is 8.19. The number of aromatic nitrogens is 1. The van der Waals surface area contributed by atoms with Crippen LogP contribution < -0.4 is 0 Å². The number of nitrogens with one attached hydrogen (secondary N) is 1. The number of para-hydroxylation sites is 1. The predicted molar refractivity (Wildman–Crippen MR) is 196 cm³/mol. The molecule has 3 aliphatic carbocycles. The van der Waals surface area contributed by atoms with Gasteiger partial charge in [-0.1, -0.05) is 67.1 Å². The number of aromatic amines is 1. The summed E-state index contributed by atoms with van der Waals surface area (Å²) in [4.78, 5) is 21.4. The Balaban J connectivity index is 1.17. The van der Waals surface area contributed by atoms with Gasteiger partial charge in [-0.15, -0.1) is 11.3 Å². The number of carbonyl (C=O) groups is 1. The number of carbonyl (C=O) groups excluding carboxylic acids is 1. The van der Waals surface area contributed by atoms with Gasteiger partial charge in [-0.2, -0.15) is 0 Å². The highest BCUT2D eigenvalue weighted by Crippen LogP contribution is 2.59. The van der Waals surface area contributed by atoms with Crippen molar-refractivity contribution >= 4 is 38.1 Å². The van der Waals surface area contributed by atoms with Crippen LogP contribution in [0.15, 0.2) is 84.4 Å². The molecule has 1 fully saturated rings. The fourth-order valence-corrected chi connectivity index (χ4v) is 10.2. The highest BCUT2D eigenvalue weighted by atomic mass is 32.1. The zero-order valence-electron chi connectivity index (χ0n) is 28.1. The van der Waals surface area contributed by atoms with E-state index in [-0.39, 0.29) is 11.7 Å². The second-order valence-corrected chi connectivity index (χ2v) is 16.1. The Morgan fingerprint density at radius 2 is 1.85 bits per heavy atom. The fourth-order valence-electron chi connectivity index (χ4n) is 9.18. The first-order chi connectivity index (χ1) is 23.2. The van der Waals surface area contributed by atoms with E-state index >= 15 is 0 Å². The van der Waals surface area contributed by atoms with Crippen LogP contribution >= 0.6 is 11.3 Å². The van der Waals surface area contributed by atoms with Gasteiger partial charge in [0.1, 0.15) is 0 Å². The van der Waals surface area contributed by atoms with Crippen LogP contribution in [0.5, 0.6) is 0 Å². The molecule has 248 valence electrons. The highest BCUT2D eigenvalue weighted by molar-refractivity contribution is 7.21. The average Bonchev–Trinajstić information content (AvgIpc) is 3.75. The van der Waals surface area contributed by atoms with Crippen molar-refractivity contribution in [3.8, 4) is 0 Å². The van der Waals surface area contributed by atoms with Crippen molar-refractivity contribution in [2.24, 2.45) is 5.41 Å². The highest BCUT2D eigenvalue weighted by Gasteiger charge is 2.57. The summed E-state index contributed by atoms with van der Waals surface area (Å²) >= 11 is 1.55. The SMILES string of the molecule is CC1=CCC[C@@]2(C)[C@@H](CC[C@@]2(O)CN2CCc3c([nH]c4ccccc34)C2)c2ccc(cc2C(=O)c2cc3ccccc3s2)C[C@@H](O)CC1. The van der Waals surface area contributed by atoms with Crippen LogP contribution in [0.2, 0.25) is 0 Å². The van der Waals surface area contributed by atoms with E-state index in [2.05, 4.69) is 84.4 Å². The third-order valence-electron chi connectivity index (χ3n) is 12.0. The van der Waals surface area contributed by atoms with Crippen molar-refractivity contribution < 1.29 is 15.0 Å². The number of benzene rings is 3. The number of H-pyrrole nitrogens is 1. The molecule has 2 aromatic heterocycles. The quantitative estimate of drug-likeness (QED) is 0.133. The van der Waals surface area contributed by atoms with Crippen molar-refractivity contribution in [1.29, 1.82) is 0 Å². The summed E-state index contributed by atoms with van der Waals surface area (Å²) in [6.45, 7) is 6.80. The minimum absolute atomic E-state index is 0.0277. The summed E-state index contributed by atoms with van der Waals surface area (Å²) in [6.07, 6.45) is 8.12. The monoisotopic (exact) mass is 658 g/mol. The molecule has 0 radical (unpaired) electrons. The molecule has 48 heavy (non-hydrogen) atoms. The van der Waals surface area contributed by atoms with Gasteiger partial charge < -0.3 is 15.2 Å². The molecule has 6 heteroatoms. The summed E-state index contributed by atoms with van der Waals surface area (Å²) in [7, 11) is 0. The van der Waals surface area contributed by atoms with Crippen LogP contribution in [-0.4, -0.2) is 50.7 Å². The van der Waals surface area contributed by atoms with Gasteiger partial charge >= 0.3 is 0 Å². The van der Waals surface area contributed by atoms with Gasteiger partial charge in [0.15, 0.2) is 0 Å². The topological polar surface area (TPSA) is 76.6 Å². The lowest BCUT2D eigenvalue weighted by molar-refractivity contribution is -0.0857. The molecule has 4 aliphatic rings. The number of thiophene rings is 1. The fraction of sp³-hybridized carbons (Fsp3) is 0.405. The van der Waals surface area contributed by atoms with Gasteiger partial charge in [-0.05, 0) is 111 Å². The summed E-state index contributed by atoms with van der Waals surface area (Å²) in [6, 6.07) is 25.1. The molecule has 3 N–H and O–H groups in total. The molecule has 0 spiro atoms. The van der Waals surface area contributed by atoms with Crippen LogP contribution in [-0.2, 0) is 19.4 Å². The van der Waals surface area contributed by atoms with E-state index < -0.39 is 17.1 Å². The lowest BCUT2D eigenvalue weighted by atomic mass is 9.64. The number of hydrogen-bond donors (Lipinski definition) is 3. The Hall–Kier alpha value is -3.55. The molecular formula is C42H46N2O3S. The van der Waals surface area contributed by atoms with Gasteiger partial charge in [-0.3, -0.25) is 9.69 Å². The maximum atomic E-state index is 14.5. The molecule has 3 aromatic carbocycles. The minimum Gasteiger partial charge on any atom is -0.393 e. The average molecular weight is 659 g/mol. The van der Waals surface area contributed by atoms with Gasteiger partial charge in [-0.25, -0.2) is 0 Å². The third-order valence-corrected chi connectivity index (χ3v) is 13.1. The molecule has 1 aliphatic heterocycles. The zero-order chi connectivity index (χ0) is 33.0. The van der Waals surface area contributed by atoms with E-state index in [1.807, 2.05) is 18.2 Å². The number of fused-ring (bicyclic) bond motifs is 12. The van der Waals surface area contributed by atoms with Crippen LogP contribution in [0.3, 0.4) is 0 Å². The smallest absolute Gasteiger partial charge is 0.203 e. The first-order valence-corrected chi connectivity index (χ1v) is 18.6. The molecule has 9 rings (SSSR count). The molecule has 0 unspecified atom stereocenters. The van der Waals surface area contributed by atoms with E-state index in [4.69, 9.17) is 0 Å². The maximum Gasteiger partial charge on any atom is 0.203 e. The number of aliphatic hydroxyl groups is 2. The van der Waals surface area contributed by atoms with Crippen molar-refractivity contribution in [2.45, 2.75) is 89.4 Å². The van der Waals surface area contributed by atoms with E-state index in [1.54, 1.807) is 11.3 Å². The lowest BCUT2D eigenvalue weighted by Gasteiger charge is -2.46. The molecule has 5 aromatic rings. The van der Waals surface area contributed by atoms with Crippen LogP contribution in [0, 0.1) is 5.41 Å². The predicted octanol–water partition coefficient (Wildman–Crippen LogP) is 8.71. The van der Waals surface area contributed by atoms with Gasteiger partial charge in [0.2, 0.25) is 5.78 Å². The number of allylic oxidation sites excluding steroid dienone is 2. The Morgan fingerprint density at radius 1 is 1.02 bits per heavy atom. The molecule has 0 saturated heterocycles. The summed E-state index contributed by atoms with van der Waals surface area (Å²) in [5.41, 5.74) is 6.59. The molecule has 3 heterocycles. The minimum atomic E-state index is -0.910. The van der Waals surface area contributed by atoms with E-state index in [0.29, 0.717) is 25.8 Å². The largest absolute Gasteiger partial charge is 0.393 e. The van der Waals surface area contributed by atoms with E-state index in [0.717, 1.165) is 76.8 Å². The summed E-state index contributed by atoms with van der Waals surface area (Å²) < 4.78 is 1.11. The van der Waals surface area contributed by atoms with Crippen molar-refractivity contribution in [2.75, 3.05) is 13.1 Å². The standard InChI is InChI=1S/C42H46N2O3S/c1-27-8-7-19-41(2)35(17-20-42(41,47)26-44-21-18-33-32-10-4-5-11-36(32)43-37(33)25-44)31-16-14-28(22-30(45)15-13-27)23-34(31)40(46)39-24-29-9-3-6-12-38(29)48-39/h3-6,8-12,14,16,23-24,30,35,43,45,47H,7,13,15,17-22,25-26H2,1-2H3/t30-,35-,41-,42+/m0/s1. The molecule has 1 saturated carbocycles. The van der Waals surface area contributed by atoms with E-state index in [9.17, 15) is 15.0 Å². The number of ketones is 1. The van der Waals surface area contributed by atoms with Crippen molar-refractivity contribution in [3.63, 3.8) is 0 Å². The Labute approximate surface area is 287 Å². The van der Waals surface area contributed by atoms with Crippen LogP contribution in [0.25, 0.3) is 21.0 Å². The second kappa shape index (κ2) is 12.4. The van der Waals surface area contributed by atoms with Crippen LogP contribution in [0.1, 0.15) is 95.9 Å². The van der Waals surface area contributed by atoms with Gasteiger partial charge in [0.05, 0.1) is 16.6 Å². The second-order valence-electron chi connectivity index (χ2n) is 15.0.